The Kier molecular flexibility index (Phi) is 5.98. The molecule has 2 aromatic carbocycles. The van der Waals surface area contributed by atoms with Crippen molar-refractivity contribution in [1.29, 1.82) is 0 Å². The Morgan fingerprint density at radius 2 is 1.85 bits per heavy atom. The number of carbonyl (C=O) groups is 1. The number of aryl methyl sites for hydroxylation is 1. The van der Waals surface area contributed by atoms with Crippen molar-refractivity contribution in [2.45, 2.75) is 26.8 Å². The van der Waals surface area contributed by atoms with Gasteiger partial charge in [0.2, 0.25) is 5.91 Å². The normalized spacial score (nSPS) is 11.1. The van der Waals surface area contributed by atoms with E-state index in [0.717, 1.165) is 12.1 Å². The summed E-state index contributed by atoms with van der Waals surface area (Å²) in [6, 6.07) is 15.1. The maximum absolute atomic E-state index is 12.4. The minimum absolute atomic E-state index is 0.0933. The number of H-pyrrole nitrogens is 1. The summed E-state index contributed by atoms with van der Waals surface area (Å²) in [5.41, 5.74) is 2.51. The first-order chi connectivity index (χ1) is 13.1. The summed E-state index contributed by atoms with van der Waals surface area (Å²) in [4.78, 5) is 33.8. The molecule has 0 radical (unpaired) electrons. The van der Waals surface area contributed by atoms with E-state index in [-0.39, 0.29) is 18.0 Å². The molecule has 27 heavy (non-hydrogen) atoms. The minimum Gasteiger partial charge on any atom is -0.325 e. The lowest BCUT2D eigenvalue weighted by Crippen LogP contribution is -2.33. The van der Waals surface area contributed by atoms with Gasteiger partial charge in [0.25, 0.3) is 5.56 Å². The predicted octanol–water partition coefficient (Wildman–Crippen LogP) is 2.95. The second-order valence-corrected chi connectivity index (χ2v) is 6.43. The molecule has 3 aromatic rings. The van der Waals surface area contributed by atoms with Crippen LogP contribution in [0.4, 0.5) is 5.69 Å². The van der Waals surface area contributed by atoms with Crippen molar-refractivity contribution in [1.82, 2.24) is 14.9 Å². The monoisotopic (exact) mass is 364 g/mol. The van der Waals surface area contributed by atoms with Crippen LogP contribution in [0.2, 0.25) is 0 Å². The largest absolute Gasteiger partial charge is 0.325 e. The van der Waals surface area contributed by atoms with E-state index in [9.17, 15) is 9.59 Å². The standard InChI is InChI=1S/C21H24N4O2/c1-3-15-9-11-16(12-10-15)22-20(26)14-25(4-2)13-19-23-18-8-6-5-7-17(18)21(27)24-19/h5-12H,3-4,13-14H2,1-2H3,(H,22,26)(H,23,24,27). The molecule has 1 heterocycles. The number of anilines is 1. The van der Waals surface area contributed by atoms with Gasteiger partial charge in [0, 0.05) is 5.69 Å². The minimum atomic E-state index is -0.160. The van der Waals surface area contributed by atoms with Gasteiger partial charge in [0.1, 0.15) is 5.82 Å². The zero-order valence-corrected chi connectivity index (χ0v) is 15.7. The molecule has 2 N–H and O–H groups in total. The molecule has 0 atom stereocenters. The number of aromatic amines is 1. The van der Waals surface area contributed by atoms with Gasteiger partial charge in [-0.05, 0) is 42.8 Å². The highest BCUT2D eigenvalue weighted by Crippen LogP contribution is 2.11. The van der Waals surface area contributed by atoms with Gasteiger partial charge in [-0.2, -0.15) is 0 Å². The number of para-hydroxylation sites is 1. The maximum atomic E-state index is 12.4. The molecule has 0 spiro atoms. The van der Waals surface area contributed by atoms with Crippen LogP contribution in [0.1, 0.15) is 25.2 Å². The van der Waals surface area contributed by atoms with Crippen molar-refractivity contribution in [3.05, 3.63) is 70.3 Å². The highest BCUT2D eigenvalue weighted by Gasteiger charge is 2.12. The predicted molar refractivity (Wildman–Crippen MR) is 108 cm³/mol. The number of nitrogens with one attached hydrogen (secondary N) is 2. The van der Waals surface area contributed by atoms with E-state index in [2.05, 4.69) is 22.2 Å². The second kappa shape index (κ2) is 8.60. The average Bonchev–Trinajstić information content (AvgIpc) is 2.68. The fourth-order valence-electron chi connectivity index (χ4n) is 2.93. The van der Waals surface area contributed by atoms with Gasteiger partial charge < -0.3 is 10.3 Å². The van der Waals surface area contributed by atoms with Crippen molar-refractivity contribution in [2.24, 2.45) is 0 Å². The Morgan fingerprint density at radius 1 is 1.11 bits per heavy atom. The van der Waals surface area contributed by atoms with Gasteiger partial charge in [0.05, 0.1) is 24.0 Å². The van der Waals surface area contributed by atoms with Crippen LogP contribution in [-0.2, 0) is 17.8 Å². The third-order valence-corrected chi connectivity index (χ3v) is 4.50. The number of aromatic nitrogens is 2. The summed E-state index contributed by atoms with van der Waals surface area (Å²) in [5.74, 6) is 0.463. The molecule has 3 rings (SSSR count). The number of amides is 1. The molecule has 0 aliphatic rings. The van der Waals surface area contributed by atoms with Crippen LogP contribution in [0.25, 0.3) is 10.9 Å². The first kappa shape index (κ1) is 18.8. The number of hydrogen-bond donors (Lipinski definition) is 2. The molecule has 0 aliphatic heterocycles. The van der Waals surface area contributed by atoms with E-state index in [1.165, 1.54) is 5.56 Å². The zero-order chi connectivity index (χ0) is 19.2. The van der Waals surface area contributed by atoms with Crippen LogP contribution in [0.3, 0.4) is 0 Å². The van der Waals surface area contributed by atoms with Crippen LogP contribution in [-0.4, -0.2) is 33.9 Å². The number of fused-ring (bicyclic) bond motifs is 1. The molecule has 0 saturated heterocycles. The van der Waals surface area contributed by atoms with Crippen molar-refractivity contribution in [2.75, 3.05) is 18.4 Å². The summed E-state index contributed by atoms with van der Waals surface area (Å²) in [5, 5.41) is 3.48. The van der Waals surface area contributed by atoms with Crippen molar-refractivity contribution in [3.8, 4) is 0 Å². The summed E-state index contributed by atoms with van der Waals surface area (Å²) in [6.45, 7) is 5.36. The molecule has 0 fully saturated rings. The SMILES string of the molecule is CCc1ccc(NC(=O)CN(CC)Cc2nc3ccccc3c(=O)[nH]2)cc1. The van der Waals surface area contributed by atoms with Crippen LogP contribution in [0.15, 0.2) is 53.3 Å². The molecule has 0 aliphatic carbocycles. The lowest BCUT2D eigenvalue weighted by molar-refractivity contribution is -0.117. The number of hydrogen-bond acceptors (Lipinski definition) is 4. The number of likely N-dealkylation sites (N-methyl/N-ethyl adjacent to an activating group) is 1. The van der Waals surface area contributed by atoms with Crippen LogP contribution < -0.4 is 10.9 Å². The van der Waals surface area contributed by atoms with Crippen LogP contribution in [0.5, 0.6) is 0 Å². The molecule has 6 heteroatoms. The summed E-state index contributed by atoms with van der Waals surface area (Å²) in [7, 11) is 0. The van der Waals surface area contributed by atoms with Gasteiger partial charge in [-0.15, -0.1) is 0 Å². The molecule has 0 unspecified atom stereocenters. The number of carbonyl (C=O) groups excluding carboxylic acids is 1. The molecular weight excluding hydrogens is 340 g/mol. The first-order valence-corrected chi connectivity index (χ1v) is 9.18. The fraction of sp³-hybridized carbons (Fsp3) is 0.286. The maximum Gasteiger partial charge on any atom is 0.258 e. The molecule has 0 bridgehead atoms. The Balaban J connectivity index is 1.66. The highest BCUT2D eigenvalue weighted by atomic mass is 16.2. The summed E-state index contributed by atoms with van der Waals surface area (Å²) in [6.07, 6.45) is 0.967. The van der Waals surface area contributed by atoms with Gasteiger partial charge in [-0.1, -0.05) is 38.1 Å². The van der Waals surface area contributed by atoms with E-state index >= 15 is 0 Å². The van der Waals surface area contributed by atoms with E-state index in [1.54, 1.807) is 6.07 Å². The third-order valence-electron chi connectivity index (χ3n) is 4.50. The quantitative estimate of drug-likeness (QED) is 0.676. The average molecular weight is 364 g/mol. The molecule has 1 amide bonds. The summed E-state index contributed by atoms with van der Waals surface area (Å²) >= 11 is 0. The lowest BCUT2D eigenvalue weighted by Gasteiger charge is -2.19. The Labute approximate surface area is 158 Å². The van der Waals surface area contributed by atoms with Gasteiger partial charge in [-0.25, -0.2) is 4.98 Å². The van der Waals surface area contributed by atoms with Crippen molar-refractivity contribution >= 4 is 22.5 Å². The van der Waals surface area contributed by atoms with Gasteiger partial charge in [0.15, 0.2) is 0 Å². The number of rotatable bonds is 7. The topological polar surface area (TPSA) is 78.1 Å². The zero-order valence-electron chi connectivity index (χ0n) is 15.7. The molecule has 1 aromatic heterocycles. The van der Waals surface area contributed by atoms with Crippen LogP contribution >= 0.6 is 0 Å². The van der Waals surface area contributed by atoms with Crippen LogP contribution in [0, 0.1) is 0 Å². The first-order valence-electron chi connectivity index (χ1n) is 9.18. The Hall–Kier alpha value is -2.99. The molecule has 6 nitrogen and oxygen atoms in total. The number of nitrogens with zero attached hydrogens (tertiary/aromatic N) is 2. The molecule has 140 valence electrons. The van der Waals surface area contributed by atoms with E-state index in [4.69, 9.17) is 0 Å². The Morgan fingerprint density at radius 3 is 2.56 bits per heavy atom. The van der Waals surface area contributed by atoms with Crippen molar-refractivity contribution in [3.63, 3.8) is 0 Å². The fourth-order valence-corrected chi connectivity index (χ4v) is 2.93. The van der Waals surface area contributed by atoms with E-state index < -0.39 is 0 Å². The van der Waals surface area contributed by atoms with E-state index in [0.29, 0.717) is 29.8 Å². The van der Waals surface area contributed by atoms with Gasteiger partial charge in [-0.3, -0.25) is 14.5 Å². The molecule has 0 saturated carbocycles. The second-order valence-electron chi connectivity index (χ2n) is 6.43. The lowest BCUT2D eigenvalue weighted by atomic mass is 10.1. The smallest absolute Gasteiger partial charge is 0.258 e. The highest BCUT2D eigenvalue weighted by molar-refractivity contribution is 5.92. The third kappa shape index (κ3) is 4.80. The summed E-state index contributed by atoms with van der Waals surface area (Å²) < 4.78 is 0. The number of benzene rings is 2. The Bertz CT molecular complexity index is 979. The van der Waals surface area contributed by atoms with Gasteiger partial charge >= 0.3 is 0 Å². The van der Waals surface area contributed by atoms with E-state index in [1.807, 2.05) is 54.3 Å². The van der Waals surface area contributed by atoms with Crippen molar-refractivity contribution < 1.29 is 4.79 Å². The molecular formula is C21H24N4O2.